The van der Waals surface area contributed by atoms with E-state index in [4.69, 9.17) is 19.5 Å². The van der Waals surface area contributed by atoms with Gasteiger partial charge in [0.1, 0.15) is 17.8 Å². The summed E-state index contributed by atoms with van der Waals surface area (Å²) in [4.78, 5) is 44.1. The van der Waals surface area contributed by atoms with Crippen LogP contribution in [0, 0.1) is 5.41 Å². The highest BCUT2D eigenvalue weighted by Crippen LogP contribution is 2.46. The van der Waals surface area contributed by atoms with Crippen molar-refractivity contribution in [2.75, 3.05) is 31.3 Å². The average molecular weight is 537 g/mol. The molecule has 1 fully saturated rings. The highest BCUT2D eigenvalue weighted by molar-refractivity contribution is 8.13. The van der Waals surface area contributed by atoms with Crippen LogP contribution in [0.2, 0.25) is 0 Å². The molecule has 17 heteroatoms. The molecule has 3 rings (SSSR count). The summed E-state index contributed by atoms with van der Waals surface area (Å²) in [6, 6.07) is 0. The van der Waals surface area contributed by atoms with Gasteiger partial charge in [-0.2, -0.15) is 4.98 Å². The van der Waals surface area contributed by atoms with Gasteiger partial charge in [0.15, 0.2) is 22.5 Å². The Morgan fingerprint density at radius 2 is 2.14 bits per heavy atom. The molecule has 1 aliphatic heterocycles. The quantitative estimate of drug-likeness (QED) is 0.160. The number of anilines is 1. The number of carbonyl (C=O) groups excluding carboxylic acids is 1. The summed E-state index contributed by atoms with van der Waals surface area (Å²) in [5.41, 5.74) is 2.01. The Labute approximate surface area is 203 Å². The lowest BCUT2D eigenvalue weighted by Gasteiger charge is -2.27. The molecule has 0 bridgehead atoms. The fourth-order valence-corrected chi connectivity index (χ4v) is 4.91. The maximum absolute atomic E-state index is 12.2. The van der Waals surface area contributed by atoms with E-state index in [2.05, 4.69) is 15.0 Å². The van der Waals surface area contributed by atoms with Crippen molar-refractivity contribution in [3.05, 3.63) is 16.7 Å². The Morgan fingerprint density at radius 3 is 2.80 bits per heavy atom. The van der Waals surface area contributed by atoms with Gasteiger partial charge in [-0.3, -0.25) is 28.2 Å². The fourth-order valence-electron chi connectivity index (χ4n) is 3.24. The van der Waals surface area contributed by atoms with E-state index in [-0.39, 0.29) is 41.2 Å². The van der Waals surface area contributed by atoms with E-state index in [1.165, 1.54) is 17.8 Å². The van der Waals surface area contributed by atoms with E-state index in [0.717, 1.165) is 11.8 Å². The first-order chi connectivity index (χ1) is 16.2. The number of nitrogen functional groups attached to an aromatic ring is 1. The van der Waals surface area contributed by atoms with Crippen molar-refractivity contribution in [3.63, 3.8) is 0 Å². The number of aliphatic hydroxyl groups excluding tert-OH is 2. The van der Waals surface area contributed by atoms with Gasteiger partial charge in [-0.15, -0.1) is 0 Å². The summed E-state index contributed by atoms with van der Waals surface area (Å²) in [6.45, 7) is 3.12. The number of hydrogen-bond acceptors (Lipinski definition) is 13. The number of nitrogens with one attached hydrogen (secondary N) is 1. The predicted molar refractivity (Wildman–Crippen MR) is 123 cm³/mol. The molecule has 0 aliphatic carbocycles. The molecule has 2 unspecified atom stereocenters. The summed E-state index contributed by atoms with van der Waals surface area (Å²) in [5.74, 6) is -0.154. The number of phosphoric ester groups is 1. The molecule has 1 aliphatic rings. The van der Waals surface area contributed by atoms with Crippen LogP contribution >= 0.6 is 19.6 Å². The molecule has 7 N–H and O–H groups in total. The van der Waals surface area contributed by atoms with Gasteiger partial charge in [0, 0.05) is 5.75 Å². The van der Waals surface area contributed by atoms with Gasteiger partial charge >= 0.3 is 7.82 Å². The van der Waals surface area contributed by atoms with Crippen LogP contribution < -0.4 is 11.3 Å². The second kappa shape index (κ2) is 10.2. The molecule has 0 spiro atoms. The summed E-state index contributed by atoms with van der Waals surface area (Å²) < 4.78 is 28.8. The number of thioether (sulfide) groups is 1. The second-order valence-electron chi connectivity index (χ2n) is 8.75. The van der Waals surface area contributed by atoms with Crippen molar-refractivity contribution in [2.24, 2.45) is 5.41 Å². The Bertz CT molecular complexity index is 1180. The lowest BCUT2D eigenvalue weighted by Crippen LogP contribution is -2.44. The number of H-pyrrole nitrogens is 1. The van der Waals surface area contributed by atoms with E-state index < -0.39 is 49.4 Å². The van der Waals surface area contributed by atoms with E-state index in [0.29, 0.717) is 0 Å². The minimum Gasteiger partial charge on any atom is -0.395 e. The van der Waals surface area contributed by atoms with Crippen LogP contribution in [-0.2, 0) is 23.1 Å². The number of ether oxygens (including phenoxy) is 1. The number of fused-ring (bicyclic) bond motifs is 1. The van der Waals surface area contributed by atoms with Gasteiger partial charge in [0.05, 0.1) is 31.6 Å². The average Bonchev–Trinajstić information content (AvgIpc) is 3.28. The SMILES string of the molecule is CC(C)(CO)C(=O)SCCOP(=O)(O)OC[C@H]1O[C@@H](n2cnc3c(=O)[nH]c(N)nc32)[C@](C)(O)C1O. The molecule has 35 heavy (non-hydrogen) atoms. The first-order valence-corrected chi connectivity index (χ1v) is 12.9. The van der Waals surface area contributed by atoms with Gasteiger partial charge in [-0.05, 0) is 20.8 Å². The van der Waals surface area contributed by atoms with Crippen LogP contribution in [0.3, 0.4) is 0 Å². The number of phosphoric acid groups is 1. The lowest BCUT2D eigenvalue weighted by molar-refractivity contribution is -0.119. The molecule has 2 aromatic heterocycles. The first-order valence-electron chi connectivity index (χ1n) is 10.4. The van der Waals surface area contributed by atoms with Crippen LogP contribution in [0.5, 0.6) is 0 Å². The highest BCUT2D eigenvalue weighted by Gasteiger charge is 2.54. The molecule has 0 aromatic carbocycles. The molecule has 2 aromatic rings. The van der Waals surface area contributed by atoms with E-state index in [1.54, 1.807) is 13.8 Å². The van der Waals surface area contributed by atoms with Crippen molar-refractivity contribution >= 4 is 41.8 Å². The number of nitrogens with two attached hydrogens (primary N) is 1. The van der Waals surface area contributed by atoms with Crippen molar-refractivity contribution in [3.8, 4) is 0 Å². The van der Waals surface area contributed by atoms with E-state index >= 15 is 0 Å². The monoisotopic (exact) mass is 537 g/mol. The molecule has 1 saturated heterocycles. The summed E-state index contributed by atoms with van der Waals surface area (Å²) in [6.07, 6.45) is -2.95. The molecular weight excluding hydrogens is 509 g/mol. The molecule has 0 amide bonds. The number of aromatic amines is 1. The summed E-state index contributed by atoms with van der Waals surface area (Å²) in [7, 11) is -4.59. The molecule has 0 radical (unpaired) electrons. The minimum absolute atomic E-state index is 0.00196. The largest absolute Gasteiger partial charge is 0.472 e. The highest BCUT2D eigenvalue weighted by atomic mass is 32.2. The second-order valence-corrected chi connectivity index (χ2v) is 11.3. The molecule has 15 nitrogen and oxygen atoms in total. The van der Waals surface area contributed by atoms with Crippen molar-refractivity contribution in [1.29, 1.82) is 0 Å². The molecule has 3 heterocycles. The third-order valence-corrected chi connectivity index (χ3v) is 7.55. The zero-order chi connectivity index (χ0) is 26.2. The Hall–Kier alpha value is -1.88. The van der Waals surface area contributed by atoms with Crippen LogP contribution in [0.25, 0.3) is 11.2 Å². The Kier molecular flexibility index (Phi) is 8.10. The summed E-state index contributed by atoms with van der Waals surface area (Å²) >= 11 is 0.836. The van der Waals surface area contributed by atoms with Crippen molar-refractivity contribution in [2.45, 2.75) is 44.8 Å². The normalized spacial score (nSPS) is 26.8. The zero-order valence-corrected chi connectivity index (χ0v) is 20.9. The number of imidazole rings is 1. The van der Waals surface area contributed by atoms with E-state index in [1.807, 2.05) is 0 Å². The van der Waals surface area contributed by atoms with Gasteiger partial charge in [0.25, 0.3) is 5.56 Å². The molecule has 0 saturated carbocycles. The lowest BCUT2D eigenvalue weighted by atomic mass is 9.96. The van der Waals surface area contributed by atoms with Crippen LogP contribution in [-0.4, -0.2) is 88.2 Å². The van der Waals surface area contributed by atoms with Gasteiger partial charge in [0.2, 0.25) is 5.95 Å². The van der Waals surface area contributed by atoms with Crippen LogP contribution in [0.15, 0.2) is 11.1 Å². The number of aliphatic hydroxyl groups is 3. The number of rotatable bonds is 10. The molecule has 5 atom stereocenters. The Morgan fingerprint density at radius 1 is 1.46 bits per heavy atom. The van der Waals surface area contributed by atoms with Crippen LogP contribution in [0.4, 0.5) is 5.95 Å². The number of hydrogen-bond donors (Lipinski definition) is 6. The summed E-state index contributed by atoms with van der Waals surface area (Å²) in [5, 5.41) is 30.3. The smallest absolute Gasteiger partial charge is 0.395 e. The standard InChI is InChI=1S/C18H28N5O10PS/c1-17(2,7-24)15(27)35-5-4-31-34(29,30)32-6-9-11(25)18(3,28)14(33-9)23-8-20-10-12(23)21-16(19)22-13(10)26/h8-9,11,14,24-25,28H,4-7H2,1-3H3,(H,29,30)(H3,19,21,22,26)/t9-,11?,14-,18-/m1/s1. The minimum atomic E-state index is -4.59. The van der Waals surface area contributed by atoms with Crippen LogP contribution in [0.1, 0.15) is 27.0 Å². The van der Waals surface area contributed by atoms with Crippen molar-refractivity contribution in [1.82, 2.24) is 19.5 Å². The van der Waals surface area contributed by atoms with Crippen molar-refractivity contribution < 1.29 is 43.4 Å². The third-order valence-electron chi connectivity index (χ3n) is 5.38. The van der Waals surface area contributed by atoms with E-state index in [9.17, 15) is 34.4 Å². The first kappa shape index (κ1) is 27.7. The van der Waals surface area contributed by atoms with Gasteiger partial charge < -0.3 is 30.7 Å². The van der Waals surface area contributed by atoms with Gasteiger partial charge in [-0.25, -0.2) is 9.55 Å². The number of carbonyl (C=O) groups is 1. The maximum atomic E-state index is 12.2. The Balaban J connectivity index is 1.61. The fraction of sp³-hybridized carbons (Fsp3) is 0.667. The molecule has 196 valence electrons. The predicted octanol–water partition coefficient (Wildman–Crippen LogP) is -0.877. The number of nitrogens with zero attached hydrogens (tertiary/aromatic N) is 3. The van der Waals surface area contributed by atoms with Gasteiger partial charge in [-0.1, -0.05) is 11.8 Å². The zero-order valence-electron chi connectivity index (χ0n) is 19.2. The molecular formula is C18H28N5O10PS. The topological polar surface area (TPSA) is 232 Å². The third kappa shape index (κ3) is 5.93. The number of aromatic nitrogens is 4. The maximum Gasteiger partial charge on any atom is 0.472 e.